The van der Waals surface area contributed by atoms with Crippen molar-refractivity contribution in [2.75, 3.05) is 5.75 Å². The minimum atomic E-state index is -1.08. The van der Waals surface area contributed by atoms with Crippen molar-refractivity contribution in [2.24, 2.45) is 5.41 Å². The zero-order valence-electron chi connectivity index (χ0n) is 22.7. The largest absolute Gasteiger partial charge is 1.00 e. The molecule has 4 aromatic rings. The maximum absolute atomic E-state index is 13.6. The molecule has 1 aliphatic carbocycles. The molecule has 0 radical (unpaired) electrons. The number of carboxylic acids is 1. The van der Waals surface area contributed by atoms with Gasteiger partial charge >= 0.3 is 29.6 Å². The van der Waals surface area contributed by atoms with E-state index in [0.717, 1.165) is 52.1 Å². The molecule has 200 valence electrons. The third-order valence-corrected chi connectivity index (χ3v) is 8.49. The Morgan fingerprint density at radius 3 is 2.45 bits per heavy atom. The van der Waals surface area contributed by atoms with E-state index in [2.05, 4.69) is 4.98 Å². The molecule has 1 saturated carbocycles. The molecule has 0 amide bonds. The molecule has 0 saturated heterocycles. The molecule has 0 unspecified atom stereocenters. The van der Waals surface area contributed by atoms with E-state index in [1.165, 1.54) is 0 Å². The average Bonchev–Trinajstić information content (AvgIpc) is 3.65. The van der Waals surface area contributed by atoms with Gasteiger partial charge in [0.1, 0.15) is 0 Å². The number of hydrogen-bond donors (Lipinski definition) is 1. The molecule has 40 heavy (non-hydrogen) atoms. The molecule has 1 fully saturated rings. The van der Waals surface area contributed by atoms with Gasteiger partial charge in [0.25, 0.3) is 0 Å². The van der Waals surface area contributed by atoms with Gasteiger partial charge in [0, 0.05) is 28.1 Å². The van der Waals surface area contributed by atoms with Crippen LogP contribution in [0.1, 0.15) is 49.9 Å². The van der Waals surface area contributed by atoms with Crippen molar-refractivity contribution in [3.05, 3.63) is 95.2 Å². The summed E-state index contributed by atoms with van der Waals surface area (Å²) in [6, 6.07) is 19.6. The molecule has 3 aromatic carbocycles. The second kappa shape index (κ2) is 12.1. The number of halogens is 2. The van der Waals surface area contributed by atoms with Crippen LogP contribution in [0.4, 0.5) is 8.78 Å². The van der Waals surface area contributed by atoms with Crippen LogP contribution in [0.5, 0.6) is 0 Å². The minimum absolute atomic E-state index is 0. The Morgan fingerprint density at radius 1 is 1.02 bits per heavy atom. The molecular formula is C32H28F2NNaO3S. The van der Waals surface area contributed by atoms with Gasteiger partial charge in [-0.3, -0.25) is 0 Å². The zero-order chi connectivity index (χ0) is 27.8. The van der Waals surface area contributed by atoms with E-state index in [9.17, 15) is 23.8 Å². The van der Waals surface area contributed by atoms with Gasteiger partial charge in [-0.05, 0) is 97.2 Å². The topological polar surface area (TPSA) is 73.2 Å². The third-order valence-electron chi connectivity index (χ3n) is 7.07. The van der Waals surface area contributed by atoms with E-state index in [-0.39, 0.29) is 41.4 Å². The fraction of sp³-hybridized carbons (Fsp3) is 0.250. The standard InChI is InChI=1S/C32H29F2NO3S.Na/c1-31(2,38)25-15-22(8-11-29(25)39-19-32(12-13-32)18-30(36)37)21-5-3-4-20(14-21)6-9-24-10-7-23-16-26(33)27(34)17-28(23)35-24;/h3-11,14-17,38H,12-13,18-19H2,1-2H3,(H,36,37);/q;+1/p-1. The van der Waals surface area contributed by atoms with Crippen LogP contribution in [0.2, 0.25) is 0 Å². The summed E-state index contributed by atoms with van der Waals surface area (Å²) in [4.78, 5) is 16.5. The number of aliphatic hydroxyl groups is 1. The molecule has 1 N–H and O–H groups in total. The van der Waals surface area contributed by atoms with Crippen molar-refractivity contribution < 1.29 is 53.3 Å². The number of carbonyl (C=O) groups excluding carboxylic acids is 1. The quantitative estimate of drug-likeness (QED) is 0.247. The second-order valence-electron chi connectivity index (χ2n) is 10.8. The predicted octanol–water partition coefficient (Wildman–Crippen LogP) is 3.59. The number of aliphatic carboxylic acids is 1. The summed E-state index contributed by atoms with van der Waals surface area (Å²) in [5.41, 5.74) is 3.36. The Balaban J connectivity index is 0.00000370. The monoisotopic (exact) mass is 567 g/mol. The van der Waals surface area contributed by atoms with Gasteiger partial charge in [-0.15, -0.1) is 11.8 Å². The number of hydrogen-bond acceptors (Lipinski definition) is 5. The Labute approximate surface area is 258 Å². The summed E-state index contributed by atoms with van der Waals surface area (Å²) in [6.07, 6.45) is 5.57. The van der Waals surface area contributed by atoms with Gasteiger partial charge in [0.2, 0.25) is 0 Å². The fourth-order valence-corrected chi connectivity index (χ4v) is 6.11. The summed E-state index contributed by atoms with van der Waals surface area (Å²) in [5, 5.41) is 22.6. The van der Waals surface area contributed by atoms with Crippen LogP contribution in [-0.4, -0.2) is 21.8 Å². The van der Waals surface area contributed by atoms with Crippen LogP contribution in [0.25, 0.3) is 34.2 Å². The zero-order valence-corrected chi connectivity index (χ0v) is 25.5. The van der Waals surface area contributed by atoms with Crippen LogP contribution < -0.4 is 34.7 Å². The third kappa shape index (κ3) is 7.20. The summed E-state index contributed by atoms with van der Waals surface area (Å²) in [5.74, 6) is -2.16. The number of pyridine rings is 1. The van der Waals surface area contributed by atoms with Crippen LogP contribution in [0.3, 0.4) is 0 Å². The van der Waals surface area contributed by atoms with Crippen molar-refractivity contribution in [1.82, 2.24) is 4.98 Å². The molecule has 8 heteroatoms. The van der Waals surface area contributed by atoms with E-state index in [1.807, 2.05) is 54.6 Å². The normalized spacial score (nSPS) is 14.3. The van der Waals surface area contributed by atoms with Crippen molar-refractivity contribution >= 4 is 40.8 Å². The van der Waals surface area contributed by atoms with Gasteiger partial charge < -0.3 is 15.0 Å². The fourth-order valence-electron chi connectivity index (χ4n) is 4.63. The second-order valence-corrected chi connectivity index (χ2v) is 11.8. The van der Waals surface area contributed by atoms with E-state index in [4.69, 9.17) is 0 Å². The number of carboxylic acid groups (broad SMARTS) is 1. The van der Waals surface area contributed by atoms with Crippen molar-refractivity contribution in [2.45, 2.75) is 43.6 Å². The minimum Gasteiger partial charge on any atom is -0.550 e. The van der Waals surface area contributed by atoms with Crippen LogP contribution >= 0.6 is 11.8 Å². The van der Waals surface area contributed by atoms with E-state index >= 15 is 0 Å². The van der Waals surface area contributed by atoms with Crippen molar-refractivity contribution in [3.8, 4) is 11.1 Å². The summed E-state index contributed by atoms with van der Waals surface area (Å²) >= 11 is 1.59. The van der Waals surface area contributed by atoms with E-state index < -0.39 is 23.2 Å². The Kier molecular flexibility index (Phi) is 9.22. The summed E-state index contributed by atoms with van der Waals surface area (Å²) < 4.78 is 27.1. The first-order valence-electron chi connectivity index (χ1n) is 12.8. The number of benzene rings is 3. The average molecular weight is 568 g/mol. The van der Waals surface area contributed by atoms with Crippen molar-refractivity contribution in [1.29, 1.82) is 0 Å². The molecular weight excluding hydrogens is 539 g/mol. The maximum Gasteiger partial charge on any atom is 1.00 e. The van der Waals surface area contributed by atoms with E-state index in [1.54, 1.807) is 37.7 Å². The molecule has 0 aliphatic heterocycles. The number of carbonyl (C=O) groups is 1. The number of aromatic nitrogens is 1. The number of rotatable bonds is 9. The molecule has 1 heterocycles. The van der Waals surface area contributed by atoms with Crippen LogP contribution in [-0.2, 0) is 10.4 Å². The Hall–Kier alpha value is -2.55. The molecule has 0 bridgehead atoms. The SMILES string of the molecule is CC(C)(O)c1cc(-c2cccc(C=Cc3ccc4cc(F)c(F)cc4n3)c2)ccc1SCC1(CC(=O)[O-])CC1.[Na+]. The molecule has 4 nitrogen and oxygen atoms in total. The molecule has 1 aliphatic rings. The molecule has 5 rings (SSSR count). The summed E-state index contributed by atoms with van der Waals surface area (Å²) in [6.45, 7) is 3.50. The molecule has 0 atom stereocenters. The number of thioether (sulfide) groups is 1. The van der Waals surface area contributed by atoms with Crippen molar-refractivity contribution in [3.63, 3.8) is 0 Å². The number of fused-ring (bicyclic) bond motifs is 1. The van der Waals surface area contributed by atoms with E-state index in [0.29, 0.717) is 22.3 Å². The van der Waals surface area contributed by atoms with Gasteiger partial charge in [-0.1, -0.05) is 36.4 Å². The predicted molar refractivity (Wildman–Crippen MR) is 150 cm³/mol. The van der Waals surface area contributed by atoms with Gasteiger partial charge in [0.15, 0.2) is 11.6 Å². The van der Waals surface area contributed by atoms with Gasteiger partial charge in [-0.25, -0.2) is 13.8 Å². The number of nitrogens with zero attached hydrogens (tertiary/aromatic N) is 1. The first-order valence-corrected chi connectivity index (χ1v) is 13.7. The first-order chi connectivity index (χ1) is 18.5. The maximum atomic E-state index is 13.6. The first kappa shape index (κ1) is 30.4. The Bertz CT molecular complexity index is 1600. The molecule has 0 spiro atoms. The Morgan fingerprint density at radius 2 is 1.75 bits per heavy atom. The van der Waals surface area contributed by atoms with Crippen LogP contribution in [0, 0.1) is 17.0 Å². The van der Waals surface area contributed by atoms with Crippen LogP contribution in [0.15, 0.2) is 71.6 Å². The van der Waals surface area contributed by atoms with Gasteiger partial charge in [-0.2, -0.15) is 0 Å². The summed E-state index contributed by atoms with van der Waals surface area (Å²) in [7, 11) is 0. The van der Waals surface area contributed by atoms with Gasteiger partial charge in [0.05, 0.1) is 16.8 Å². The smallest absolute Gasteiger partial charge is 0.550 e. The molecule has 1 aromatic heterocycles.